The molecular formula is C7H15N5S. The summed E-state index contributed by atoms with van der Waals surface area (Å²) >= 11 is 1.73. The van der Waals surface area contributed by atoms with Gasteiger partial charge in [-0.2, -0.15) is 11.8 Å². The molecule has 0 aliphatic heterocycles. The highest BCUT2D eigenvalue weighted by Crippen LogP contribution is 2.03. The number of hydrogen-bond donors (Lipinski definition) is 0. The third-order valence-corrected chi connectivity index (χ3v) is 2.19. The van der Waals surface area contributed by atoms with E-state index in [-0.39, 0.29) is 0 Å². The molecular weight excluding hydrogens is 186 g/mol. The highest BCUT2D eigenvalue weighted by atomic mass is 32.2. The topological polar surface area (TPSA) is 46.8 Å². The quantitative estimate of drug-likeness (QED) is 0.676. The molecule has 0 spiro atoms. The fourth-order valence-electron chi connectivity index (χ4n) is 0.924. The van der Waals surface area contributed by atoms with E-state index in [2.05, 4.69) is 20.4 Å². The smallest absolute Gasteiger partial charge is 0.161 e. The molecule has 0 aliphatic carbocycles. The van der Waals surface area contributed by atoms with Crippen molar-refractivity contribution < 1.29 is 0 Å². The van der Waals surface area contributed by atoms with Crippen LogP contribution < -0.4 is 0 Å². The molecule has 13 heavy (non-hydrogen) atoms. The molecule has 6 heteroatoms. The van der Waals surface area contributed by atoms with Gasteiger partial charge in [-0.25, -0.2) is 4.68 Å². The standard InChI is InChI=1S/C7H15N5S/c1-11(2)4-5-12-7(6-13-3)8-9-10-12/h4-6H2,1-3H3. The Kier molecular flexibility index (Phi) is 4.17. The first-order valence-electron chi connectivity index (χ1n) is 4.12. The van der Waals surface area contributed by atoms with Crippen LogP contribution in [-0.4, -0.2) is 52.0 Å². The van der Waals surface area contributed by atoms with Gasteiger partial charge in [0.05, 0.1) is 12.3 Å². The molecule has 5 nitrogen and oxygen atoms in total. The van der Waals surface area contributed by atoms with Crippen molar-refractivity contribution in [3.05, 3.63) is 5.82 Å². The number of thioether (sulfide) groups is 1. The van der Waals surface area contributed by atoms with Crippen molar-refractivity contribution in [3.8, 4) is 0 Å². The molecule has 0 saturated carbocycles. The molecule has 0 N–H and O–H groups in total. The number of nitrogens with zero attached hydrogens (tertiary/aromatic N) is 5. The Hall–Kier alpha value is -0.620. The lowest BCUT2D eigenvalue weighted by molar-refractivity contribution is 0.368. The van der Waals surface area contributed by atoms with Gasteiger partial charge in [0, 0.05) is 6.54 Å². The summed E-state index contributed by atoms with van der Waals surface area (Å²) in [5, 5.41) is 11.5. The van der Waals surface area contributed by atoms with Gasteiger partial charge < -0.3 is 4.90 Å². The van der Waals surface area contributed by atoms with Crippen LogP contribution >= 0.6 is 11.8 Å². The van der Waals surface area contributed by atoms with Crippen molar-refractivity contribution >= 4 is 11.8 Å². The summed E-state index contributed by atoms with van der Waals surface area (Å²) in [7, 11) is 4.08. The van der Waals surface area contributed by atoms with Gasteiger partial charge >= 0.3 is 0 Å². The van der Waals surface area contributed by atoms with E-state index in [1.165, 1.54) is 0 Å². The van der Waals surface area contributed by atoms with Crippen LogP contribution in [0.25, 0.3) is 0 Å². The summed E-state index contributed by atoms with van der Waals surface area (Å²) in [6.45, 7) is 1.82. The molecule has 1 rings (SSSR count). The zero-order valence-corrected chi connectivity index (χ0v) is 9.08. The van der Waals surface area contributed by atoms with Gasteiger partial charge in [0.25, 0.3) is 0 Å². The van der Waals surface area contributed by atoms with E-state index in [9.17, 15) is 0 Å². The lowest BCUT2D eigenvalue weighted by Crippen LogP contribution is -2.20. The second kappa shape index (κ2) is 5.18. The second-order valence-corrected chi connectivity index (χ2v) is 3.92. The number of rotatable bonds is 5. The van der Waals surface area contributed by atoms with Gasteiger partial charge in [-0.15, -0.1) is 5.10 Å². The average Bonchev–Trinajstić information content (AvgIpc) is 2.49. The third kappa shape index (κ3) is 3.31. The van der Waals surface area contributed by atoms with Gasteiger partial charge in [0.1, 0.15) is 0 Å². The Morgan fingerprint density at radius 3 is 2.85 bits per heavy atom. The number of tetrazole rings is 1. The fraction of sp³-hybridized carbons (Fsp3) is 0.857. The van der Waals surface area contributed by atoms with Gasteiger partial charge in [0.15, 0.2) is 5.82 Å². The number of hydrogen-bond acceptors (Lipinski definition) is 5. The van der Waals surface area contributed by atoms with Crippen molar-refractivity contribution in [2.75, 3.05) is 26.9 Å². The van der Waals surface area contributed by atoms with E-state index in [0.29, 0.717) is 0 Å². The Bertz CT molecular complexity index is 247. The molecule has 1 aromatic rings. The largest absolute Gasteiger partial charge is 0.308 e. The van der Waals surface area contributed by atoms with E-state index in [1.54, 1.807) is 11.8 Å². The van der Waals surface area contributed by atoms with E-state index in [0.717, 1.165) is 24.7 Å². The molecule has 1 aromatic heterocycles. The predicted octanol–water partition coefficient (Wildman–Crippen LogP) is 0.0977. The monoisotopic (exact) mass is 201 g/mol. The van der Waals surface area contributed by atoms with Crippen LogP contribution in [0, 0.1) is 0 Å². The lowest BCUT2D eigenvalue weighted by atomic mass is 10.5. The molecule has 0 amide bonds. The minimum atomic E-state index is 0.857. The summed E-state index contributed by atoms with van der Waals surface area (Å²) < 4.78 is 1.86. The summed E-state index contributed by atoms with van der Waals surface area (Å²) in [6.07, 6.45) is 2.05. The normalized spacial score (nSPS) is 11.1. The van der Waals surface area contributed by atoms with Crippen molar-refractivity contribution in [1.82, 2.24) is 25.1 Å². The maximum atomic E-state index is 3.95. The van der Waals surface area contributed by atoms with E-state index in [1.807, 2.05) is 25.0 Å². The molecule has 0 atom stereocenters. The van der Waals surface area contributed by atoms with E-state index in [4.69, 9.17) is 0 Å². The summed E-state index contributed by atoms with van der Waals surface area (Å²) in [5.74, 6) is 1.83. The zero-order chi connectivity index (χ0) is 9.68. The first-order chi connectivity index (χ1) is 6.24. The molecule has 0 bridgehead atoms. The molecule has 1 heterocycles. The Morgan fingerprint density at radius 2 is 2.23 bits per heavy atom. The molecule has 74 valence electrons. The van der Waals surface area contributed by atoms with Crippen molar-refractivity contribution in [3.63, 3.8) is 0 Å². The summed E-state index contributed by atoms with van der Waals surface area (Å²) in [6, 6.07) is 0. The van der Waals surface area contributed by atoms with E-state index < -0.39 is 0 Å². The molecule has 0 unspecified atom stereocenters. The van der Waals surface area contributed by atoms with Crippen LogP contribution in [0.1, 0.15) is 5.82 Å². The van der Waals surface area contributed by atoms with Crippen LogP contribution in [0.2, 0.25) is 0 Å². The van der Waals surface area contributed by atoms with Gasteiger partial charge in [-0.05, 0) is 30.8 Å². The highest BCUT2D eigenvalue weighted by Gasteiger charge is 2.04. The van der Waals surface area contributed by atoms with Crippen LogP contribution in [0.15, 0.2) is 0 Å². The number of likely N-dealkylation sites (N-methyl/N-ethyl adjacent to an activating group) is 1. The maximum Gasteiger partial charge on any atom is 0.161 e. The molecule has 0 fully saturated rings. The Balaban J connectivity index is 2.49. The number of aromatic nitrogens is 4. The second-order valence-electron chi connectivity index (χ2n) is 3.05. The predicted molar refractivity (Wildman–Crippen MR) is 53.6 cm³/mol. The zero-order valence-electron chi connectivity index (χ0n) is 8.27. The average molecular weight is 201 g/mol. The first kappa shape index (κ1) is 10.5. The van der Waals surface area contributed by atoms with Gasteiger partial charge in [-0.1, -0.05) is 0 Å². The summed E-state index contributed by atoms with van der Waals surface area (Å²) in [4.78, 5) is 2.12. The first-order valence-corrected chi connectivity index (χ1v) is 5.52. The lowest BCUT2D eigenvalue weighted by Gasteiger charge is -2.09. The highest BCUT2D eigenvalue weighted by molar-refractivity contribution is 7.97. The molecule has 0 radical (unpaired) electrons. The third-order valence-electron chi connectivity index (χ3n) is 1.64. The fourth-order valence-corrected chi connectivity index (χ4v) is 1.39. The molecule has 0 aromatic carbocycles. The van der Waals surface area contributed by atoms with Crippen LogP contribution in [-0.2, 0) is 12.3 Å². The van der Waals surface area contributed by atoms with Crippen LogP contribution in [0.4, 0.5) is 0 Å². The molecule has 0 saturated heterocycles. The summed E-state index contributed by atoms with van der Waals surface area (Å²) in [5.41, 5.74) is 0. The van der Waals surface area contributed by atoms with Crippen molar-refractivity contribution in [2.45, 2.75) is 12.3 Å². The Labute approximate surface area is 82.5 Å². The SMILES string of the molecule is CSCc1nnnn1CCN(C)C. The van der Waals surface area contributed by atoms with Crippen LogP contribution in [0.5, 0.6) is 0 Å². The van der Waals surface area contributed by atoms with Gasteiger partial charge in [-0.3, -0.25) is 0 Å². The van der Waals surface area contributed by atoms with Crippen molar-refractivity contribution in [1.29, 1.82) is 0 Å². The maximum absolute atomic E-state index is 3.95. The van der Waals surface area contributed by atoms with E-state index >= 15 is 0 Å². The van der Waals surface area contributed by atoms with Gasteiger partial charge in [0.2, 0.25) is 0 Å². The minimum Gasteiger partial charge on any atom is -0.308 e. The van der Waals surface area contributed by atoms with Crippen LogP contribution in [0.3, 0.4) is 0 Å². The minimum absolute atomic E-state index is 0.857. The Morgan fingerprint density at radius 1 is 1.46 bits per heavy atom. The van der Waals surface area contributed by atoms with Crippen molar-refractivity contribution in [2.24, 2.45) is 0 Å². The molecule has 0 aliphatic rings.